The summed E-state index contributed by atoms with van der Waals surface area (Å²) < 4.78 is 21.6. The standard InChI is InChI=1S/C24H29FN4OS/c1-18-7-3-4-9-20(18)17-31-24-27-26-23(29(24)15-22-11-6-12-30-22)16-28(2)14-19-8-5-10-21(25)13-19/h3-5,7-10,13,22H,6,11-12,14-17H2,1-2H3. The fourth-order valence-electron chi connectivity index (χ4n) is 3.88. The van der Waals surface area contributed by atoms with E-state index in [4.69, 9.17) is 4.74 Å². The van der Waals surface area contributed by atoms with Crippen LogP contribution in [0.15, 0.2) is 53.7 Å². The Morgan fingerprint density at radius 1 is 1.16 bits per heavy atom. The molecule has 1 saturated heterocycles. The van der Waals surface area contributed by atoms with Crippen molar-refractivity contribution in [1.82, 2.24) is 19.7 Å². The molecule has 1 atom stereocenters. The molecule has 164 valence electrons. The minimum atomic E-state index is -0.206. The minimum absolute atomic E-state index is 0.206. The van der Waals surface area contributed by atoms with Crippen LogP contribution in [0.4, 0.5) is 4.39 Å². The Hall–Kier alpha value is -2.22. The highest BCUT2D eigenvalue weighted by Gasteiger charge is 2.22. The Balaban J connectivity index is 1.48. The van der Waals surface area contributed by atoms with E-state index in [0.29, 0.717) is 13.1 Å². The van der Waals surface area contributed by atoms with Crippen molar-refractivity contribution in [3.8, 4) is 0 Å². The largest absolute Gasteiger partial charge is 0.376 e. The van der Waals surface area contributed by atoms with Gasteiger partial charge in [-0.15, -0.1) is 10.2 Å². The maximum absolute atomic E-state index is 13.5. The highest BCUT2D eigenvalue weighted by molar-refractivity contribution is 7.98. The van der Waals surface area contributed by atoms with Gasteiger partial charge in [-0.3, -0.25) is 4.90 Å². The number of thioether (sulfide) groups is 1. The van der Waals surface area contributed by atoms with Crippen LogP contribution in [0.1, 0.15) is 35.4 Å². The summed E-state index contributed by atoms with van der Waals surface area (Å²) in [4.78, 5) is 2.14. The van der Waals surface area contributed by atoms with E-state index in [1.807, 2.05) is 13.1 Å². The van der Waals surface area contributed by atoms with Crippen LogP contribution in [0.5, 0.6) is 0 Å². The highest BCUT2D eigenvalue weighted by Crippen LogP contribution is 2.26. The third kappa shape index (κ3) is 5.93. The summed E-state index contributed by atoms with van der Waals surface area (Å²) in [6.45, 7) is 5.02. The quantitative estimate of drug-likeness (QED) is 0.446. The monoisotopic (exact) mass is 440 g/mol. The number of benzene rings is 2. The van der Waals surface area contributed by atoms with Crippen molar-refractivity contribution in [3.05, 3.63) is 76.9 Å². The molecule has 0 radical (unpaired) electrons. The van der Waals surface area contributed by atoms with Crippen molar-refractivity contribution in [2.24, 2.45) is 0 Å². The average Bonchev–Trinajstić information content (AvgIpc) is 3.38. The number of nitrogens with zero attached hydrogens (tertiary/aromatic N) is 4. The number of aryl methyl sites for hydroxylation is 1. The van der Waals surface area contributed by atoms with E-state index >= 15 is 0 Å². The first-order valence-corrected chi connectivity index (χ1v) is 11.7. The number of hydrogen-bond donors (Lipinski definition) is 0. The zero-order valence-corrected chi connectivity index (χ0v) is 18.9. The predicted molar refractivity (Wildman–Crippen MR) is 121 cm³/mol. The smallest absolute Gasteiger partial charge is 0.191 e. The zero-order chi connectivity index (χ0) is 21.6. The molecule has 0 aliphatic carbocycles. The Bertz CT molecular complexity index is 1000. The number of aromatic nitrogens is 3. The number of rotatable bonds is 9. The lowest BCUT2D eigenvalue weighted by atomic mass is 10.1. The molecule has 1 aliphatic rings. The van der Waals surface area contributed by atoms with E-state index < -0.39 is 0 Å². The normalized spacial score (nSPS) is 16.3. The van der Waals surface area contributed by atoms with E-state index in [1.165, 1.54) is 17.2 Å². The van der Waals surface area contributed by atoms with Crippen molar-refractivity contribution in [2.75, 3.05) is 13.7 Å². The van der Waals surface area contributed by atoms with Gasteiger partial charge in [-0.1, -0.05) is 48.2 Å². The van der Waals surface area contributed by atoms with E-state index in [0.717, 1.165) is 48.3 Å². The number of halogens is 1. The van der Waals surface area contributed by atoms with Crippen molar-refractivity contribution in [1.29, 1.82) is 0 Å². The summed E-state index contributed by atoms with van der Waals surface area (Å²) in [6.07, 6.45) is 2.38. The van der Waals surface area contributed by atoms with Gasteiger partial charge in [0.1, 0.15) is 11.6 Å². The van der Waals surface area contributed by atoms with Gasteiger partial charge in [-0.25, -0.2) is 4.39 Å². The van der Waals surface area contributed by atoms with Crippen LogP contribution in [0.3, 0.4) is 0 Å². The van der Waals surface area contributed by atoms with Crippen LogP contribution in [0, 0.1) is 12.7 Å². The molecule has 0 amide bonds. The maximum atomic E-state index is 13.5. The SMILES string of the molecule is Cc1ccccc1CSc1nnc(CN(C)Cc2cccc(F)c2)n1CC1CCCO1. The van der Waals surface area contributed by atoms with Gasteiger partial charge >= 0.3 is 0 Å². The lowest BCUT2D eigenvalue weighted by Crippen LogP contribution is -2.23. The molecule has 2 heterocycles. The summed E-state index contributed by atoms with van der Waals surface area (Å²) >= 11 is 1.72. The van der Waals surface area contributed by atoms with E-state index in [9.17, 15) is 4.39 Å². The van der Waals surface area contributed by atoms with Gasteiger partial charge in [0.2, 0.25) is 0 Å². The van der Waals surface area contributed by atoms with Gasteiger partial charge in [0, 0.05) is 18.9 Å². The Labute approximate surface area is 187 Å². The van der Waals surface area contributed by atoms with E-state index in [2.05, 4.69) is 50.9 Å². The molecular formula is C24H29FN4OS. The molecule has 1 aliphatic heterocycles. The maximum Gasteiger partial charge on any atom is 0.191 e. The molecule has 1 aromatic heterocycles. The molecule has 1 unspecified atom stereocenters. The van der Waals surface area contributed by atoms with Crippen molar-refractivity contribution < 1.29 is 9.13 Å². The summed E-state index contributed by atoms with van der Waals surface area (Å²) in [5, 5.41) is 9.95. The molecule has 0 bridgehead atoms. The van der Waals surface area contributed by atoms with Gasteiger partial charge in [0.05, 0.1) is 19.2 Å². The van der Waals surface area contributed by atoms with Gasteiger partial charge in [0.15, 0.2) is 5.16 Å². The molecule has 2 aromatic carbocycles. The molecule has 7 heteroatoms. The van der Waals surface area contributed by atoms with Crippen LogP contribution >= 0.6 is 11.8 Å². The second-order valence-corrected chi connectivity index (χ2v) is 9.10. The first-order chi connectivity index (χ1) is 15.1. The van der Waals surface area contributed by atoms with Gasteiger partial charge < -0.3 is 9.30 Å². The molecule has 5 nitrogen and oxygen atoms in total. The average molecular weight is 441 g/mol. The summed E-state index contributed by atoms with van der Waals surface area (Å²) in [6, 6.07) is 15.2. The third-order valence-corrected chi connectivity index (χ3v) is 6.59. The Kier molecular flexibility index (Phi) is 7.37. The third-order valence-electron chi connectivity index (χ3n) is 5.57. The van der Waals surface area contributed by atoms with Crippen LogP contribution in [0.2, 0.25) is 0 Å². The van der Waals surface area contributed by atoms with Gasteiger partial charge in [-0.05, 0) is 55.6 Å². The second-order valence-electron chi connectivity index (χ2n) is 8.16. The molecule has 0 saturated carbocycles. The van der Waals surface area contributed by atoms with E-state index in [-0.39, 0.29) is 11.9 Å². The summed E-state index contributed by atoms with van der Waals surface area (Å²) in [5.74, 6) is 1.57. The first kappa shape index (κ1) is 22.0. The molecule has 4 rings (SSSR count). The van der Waals surface area contributed by atoms with Gasteiger partial charge in [0.25, 0.3) is 0 Å². The Morgan fingerprint density at radius 2 is 2.03 bits per heavy atom. The fourth-order valence-corrected chi connectivity index (χ4v) is 4.92. The van der Waals surface area contributed by atoms with Crippen LogP contribution in [0.25, 0.3) is 0 Å². The predicted octanol–water partition coefficient (Wildman–Crippen LogP) is 4.83. The number of ether oxygens (including phenoxy) is 1. The van der Waals surface area contributed by atoms with Crippen molar-refractivity contribution in [3.63, 3.8) is 0 Å². The number of hydrogen-bond acceptors (Lipinski definition) is 5. The summed E-state index contributed by atoms with van der Waals surface area (Å²) in [7, 11) is 2.02. The molecule has 31 heavy (non-hydrogen) atoms. The molecular weight excluding hydrogens is 411 g/mol. The van der Waals surface area contributed by atoms with Crippen LogP contribution < -0.4 is 0 Å². The fraction of sp³-hybridized carbons (Fsp3) is 0.417. The molecule has 1 fully saturated rings. The highest BCUT2D eigenvalue weighted by atomic mass is 32.2. The lowest BCUT2D eigenvalue weighted by molar-refractivity contribution is 0.0934. The van der Waals surface area contributed by atoms with Crippen LogP contribution in [-0.4, -0.2) is 39.4 Å². The van der Waals surface area contributed by atoms with E-state index in [1.54, 1.807) is 23.9 Å². The molecule has 0 N–H and O–H groups in total. The minimum Gasteiger partial charge on any atom is -0.376 e. The molecule has 3 aromatic rings. The van der Waals surface area contributed by atoms with Crippen LogP contribution in [-0.2, 0) is 30.1 Å². The summed E-state index contributed by atoms with van der Waals surface area (Å²) in [5.41, 5.74) is 3.54. The van der Waals surface area contributed by atoms with Crippen molar-refractivity contribution in [2.45, 2.75) is 56.4 Å². The lowest BCUT2D eigenvalue weighted by Gasteiger charge is -2.19. The second kappa shape index (κ2) is 10.4. The topological polar surface area (TPSA) is 43.2 Å². The molecule has 0 spiro atoms. The van der Waals surface area contributed by atoms with Crippen molar-refractivity contribution >= 4 is 11.8 Å². The zero-order valence-electron chi connectivity index (χ0n) is 18.1. The Morgan fingerprint density at radius 3 is 2.81 bits per heavy atom. The van der Waals surface area contributed by atoms with Gasteiger partial charge in [-0.2, -0.15) is 0 Å². The first-order valence-electron chi connectivity index (χ1n) is 10.7.